The fraction of sp³-hybridized carbons (Fsp3) is 0.571. The highest BCUT2D eigenvalue weighted by atomic mass is 35.5. The molecule has 0 aliphatic rings. The molecule has 0 bridgehead atoms. The summed E-state index contributed by atoms with van der Waals surface area (Å²) in [6, 6.07) is 5.32. The van der Waals surface area contributed by atoms with Crippen LogP contribution in [0.3, 0.4) is 0 Å². The first-order chi connectivity index (χ1) is 9.08. The highest BCUT2D eigenvalue weighted by molar-refractivity contribution is 6.30. The first-order valence-electron chi connectivity index (χ1n) is 6.74. The fourth-order valence-corrected chi connectivity index (χ4v) is 2.40. The number of nitro groups is 1. The Balaban J connectivity index is 2.73. The van der Waals surface area contributed by atoms with Crippen molar-refractivity contribution < 1.29 is 4.92 Å². The molecule has 1 unspecified atom stereocenters. The van der Waals surface area contributed by atoms with Crippen LogP contribution < -0.4 is 5.32 Å². The Hall–Kier alpha value is -1.13. The van der Waals surface area contributed by atoms with Crippen LogP contribution in [-0.2, 0) is 6.42 Å². The van der Waals surface area contributed by atoms with Crippen LogP contribution in [0.5, 0.6) is 0 Å². The Labute approximate surface area is 119 Å². The third-order valence-electron chi connectivity index (χ3n) is 3.14. The quantitative estimate of drug-likeness (QED) is 0.581. The zero-order valence-electron chi connectivity index (χ0n) is 11.5. The predicted octanol–water partition coefficient (Wildman–Crippen LogP) is 3.96. The monoisotopic (exact) mass is 284 g/mol. The summed E-state index contributed by atoms with van der Waals surface area (Å²) in [6.45, 7) is 5.15. The lowest BCUT2D eigenvalue weighted by atomic mass is 10.0. The van der Waals surface area contributed by atoms with E-state index in [0.29, 0.717) is 17.5 Å². The zero-order chi connectivity index (χ0) is 14.3. The predicted molar refractivity (Wildman–Crippen MR) is 78.8 cm³/mol. The number of halogens is 1. The Bertz CT molecular complexity index is 418. The summed E-state index contributed by atoms with van der Waals surface area (Å²) in [6.07, 6.45) is 3.81. The normalized spacial score (nSPS) is 12.4. The number of hydrogen-bond donors (Lipinski definition) is 1. The van der Waals surface area contributed by atoms with Gasteiger partial charge < -0.3 is 5.32 Å². The Morgan fingerprint density at radius 2 is 2.11 bits per heavy atom. The van der Waals surface area contributed by atoms with Gasteiger partial charge in [0.1, 0.15) is 0 Å². The van der Waals surface area contributed by atoms with Gasteiger partial charge in [-0.25, -0.2) is 0 Å². The molecule has 1 aromatic carbocycles. The number of nitro benzene ring substituents is 1. The van der Waals surface area contributed by atoms with Crippen LogP contribution in [0, 0.1) is 10.1 Å². The average molecular weight is 285 g/mol. The molecular weight excluding hydrogens is 264 g/mol. The zero-order valence-corrected chi connectivity index (χ0v) is 12.2. The molecule has 0 saturated carbocycles. The maximum absolute atomic E-state index is 11.0. The van der Waals surface area contributed by atoms with Gasteiger partial charge >= 0.3 is 0 Å². The van der Waals surface area contributed by atoms with Crippen molar-refractivity contribution in [3.8, 4) is 0 Å². The van der Waals surface area contributed by atoms with Crippen LogP contribution in [0.1, 0.15) is 38.7 Å². The van der Waals surface area contributed by atoms with Crippen LogP contribution >= 0.6 is 11.6 Å². The van der Waals surface area contributed by atoms with E-state index in [1.807, 2.05) is 0 Å². The molecule has 0 amide bonds. The molecule has 4 nitrogen and oxygen atoms in total. The topological polar surface area (TPSA) is 55.2 Å². The van der Waals surface area contributed by atoms with E-state index in [9.17, 15) is 10.1 Å². The number of benzene rings is 1. The van der Waals surface area contributed by atoms with E-state index in [4.69, 9.17) is 11.6 Å². The minimum atomic E-state index is -0.358. The molecule has 1 rings (SSSR count). The maximum atomic E-state index is 11.0. The summed E-state index contributed by atoms with van der Waals surface area (Å²) in [5, 5.41) is 14.8. The number of rotatable bonds is 8. The summed E-state index contributed by atoms with van der Waals surface area (Å²) >= 11 is 5.81. The number of nitrogens with one attached hydrogen (secondary N) is 1. The van der Waals surface area contributed by atoms with Crippen molar-refractivity contribution >= 4 is 17.3 Å². The number of aryl methyl sites for hydroxylation is 1. The molecule has 0 fully saturated rings. The average Bonchev–Trinajstić information content (AvgIpc) is 2.37. The summed E-state index contributed by atoms with van der Waals surface area (Å²) < 4.78 is 0. The van der Waals surface area contributed by atoms with Gasteiger partial charge in [-0.05, 0) is 31.9 Å². The molecule has 0 aromatic heterocycles. The van der Waals surface area contributed by atoms with Gasteiger partial charge in [-0.2, -0.15) is 0 Å². The molecular formula is C14H21ClN2O2. The standard InChI is InChI=1S/C14H21ClN2O2/c1-3-5-13(16-4-2)9-7-11-6-8-12(15)10-14(11)17(18)19/h6,8,10,13,16H,3-5,7,9H2,1-2H3. The van der Waals surface area contributed by atoms with Gasteiger partial charge in [0, 0.05) is 22.7 Å². The van der Waals surface area contributed by atoms with Crippen LogP contribution in [-0.4, -0.2) is 17.5 Å². The molecule has 1 N–H and O–H groups in total. The molecule has 0 radical (unpaired) electrons. The Kier molecular flexibility index (Phi) is 6.81. The molecule has 0 saturated heterocycles. The number of hydrogen-bond acceptors (Lipinski definition) is 3. The van der Waals surface area contributed by atoms with Crippen molar-refractivity contribution in [3.63, 3.8) is 0 Å². The van der Waals surface area contributed by atoms with Gasteiger partial charge in [0.2, 0.25) is 0 Å². The fourth-order valence-electron chi connectivity index (χ4n) is 2.23. The second-order valence-electron chi connectivity index (χ2n) is 4.61. The molecule has 0 spiro atoms. The second kappa shape index (κ2) is 8.12. The van der Waals surface area contributed by atoms with Crippen LogP contribution in [0.2, 0.25) is 5.02 Å². The molecule has 1 atom stereocenters. The molecule has 5 heteroatoms. The van der Waals surface area contributed by atoms with E-state index >= 15 is 0 Å². The van der Waals surface area contributed by atoms with Gasteiger partial charge in [-0.3, -0.25) is 10.1 Å². The van der Waals surface area contributed by atoms with E-state index in [1.165, 1.54) is 6.07 Å². The lowest BCUT2D eigenvalue weighted by molar-refractivity contribution is -0.385. The van der Waals surface area contributed by atoms with E-state index < -0.39 is 0 Å². The van der Waals surface area contributed by atoms with Crippen LogP contribution in [0.25, 0.3) is 0 Å². The van der Waals surface area contributed by atoms with Crippen molar-refractivity contribution in [3.05, 3.63) is 38.9 Å². The van der Waals surface area contributed by atoms with Gasteiger partial charge in [0.25, 0.3) is 5.69 Å². The minimum absolute atomic E-state index is 0.124. The molecule has 19 heavy (non-hydrogen) atoms. The van der Waals surface area contributed by atoms with Crippen LogP contribution in [0.4, 0.5) is 5.69 Å². The van der Waals surface area contributed by atoms with Crippen molar-refractivity contribution in [1.29, 1.82) is 0 Å². The Morgan fingerprint density at radius 1 is 1.37 bits per heavy atom. The van der Waals surface area contributed by atoms with Crippen molar-refractivity contribution in [1.82, 2.24) is 5.32 Å². The van der Waals surface area contributed by atoms with E-state index in [0.717, 1.165) is 31.4 Å². The second-order valence-corrected chi connectivity index (χ2v) is 5.05. The van der Waals surface area contributed by atoms with Crippen LogP contribution in [0.15, 0.2) is 18.2 Å². The summed E-state index contributed by atoms with van der Waals surface area (Å²) in [4.78, 5) is 10.6. The molecule has 0 aliphatic carbocycles. The molecule has 0 heterocycles. The van der Waals surface area contributed by atoms with Crippen molar-refractivity contribution in [2.45, 2.75) is 45.6 Å². The first kappa shape index (κ1) is 15.9. The third-order valence-corrected chi connectivity index (χ3v) is 3.37. The van der Waals surface area contributed by atoms with E-state index in [1.54, 1.807) is 12.1 Å². The summed E-state index contributed by atoms with van der Waals surface area (Å²) in [5.74, 6) is 0. The van der Waals surface area contributed by atoms with Gasteiger partial charge in [-0.15, -0.1) is 0 Å². The molecule has 1 aromatic rings. The lowest BCUT2D eigenvalue weighted by Gasteiger charge is -2.16. The Morgan fingerprint density at radius 3 is 2.68 bits per heavy atom. The van der Waals surface area contributed by atoms with Gasteiger partial charge in [0.15, 0.2) is 0 Å². The molecule has 0 aliphatic heterocycles. The van der Waals surface area contributed by atoms with Gasteiger partial charge in [0.05, 0.1) is 4.92 Å². The highest BCUT2D eigenvalue weighted by Gasteiger charge is 2.15. The summed E-state index contributed by atoms with van der Waals surface area (Å²) in [5.41, 5.74) is 0.882. The minimum Gasteiger partial charge on any atom is -0.314 e. The SMILES string of the molecule is CCCC(CCc1ccc(Cl)cc1[N+](=O)[O-])NCC. The van der Waals surface area contributed by atoms with Gasteiger partial charge in [-0.1, -0.05) is 37.9 Å². The van der Waals surface area contributed by atoms with E-state index in [2.05, 4.69) is 19.2 Å². The van der Waals surface area contributed by atoms with Crippen molar-refractivity contribution in [2.75, 3.05) is 6.54 Å². The van der Waals surface area contributed by atoms with Crippen molar-refractivity contribution in [2.24, 2.45) is 0 Å². The smallest absolute Gasteiger partial charge is 0.274 e. The highest BCUT2D eigenvalue weighted by Crippen LogP contribution is 2.25. The maximum Gasteiger partial charge on any atom is 0.274 e. The van der Waals surface area contributed by atoms with E-state index in [-0.39, 0.29) is 10.6 Å². The number of nitrogens with zero attached hydrogens (tertiary/aromatic N) is 1. The molecule has 106 valence electrons. The first-order valence-corrected chi connectivity index (χ1v) is 7.12. The lowest BCUT2D eigenvalue weighted by Crippen LogP contribution is -2.29. The third kappa shape index (κ3) is 5.17. The largest absolute Gasteiger partial charge is 0.314 e. The summed E-state index contributed by atoms with van der Waals surface area (Å²) in [7, 11) is 0.